The van der Waals surface area contributed by atoms with Gasteiger partial charge in [0.25, 0.3) is 0 Å². The van der Waals surface area contributed by atoms with E-state index in [1.54, 1.807) is 0 Å². The smallest absolute Gasteiger partial charge is 0.167 e. The molecule has 282 valence electrons. The maximum Gasteiger partial charge on any atom is 0.167 e. The van der Waals surface area contributed by atoms with Crippen LogP contribution in [0.3, 0.4) is 0 Å². The van der Waals surface area contributed by atoms with E-state index in [2.05, 4.69) is 138 Å². The van der Waals surface area contributed by atoms with Crippen molar-refractivity contribution >= 4 is 54.5 Å². The lowest BCUT2D eigenvalue weighted by atomic mass is 9.63. The van der Waals surface area contributed by atoms with Gasteiger partial charge in [0.2, 0.25) is 0 Å². The van der Waals surface area contributed by atoms with Crippen molar-refractivity contribution in [2.75, 3.05) is 0 Å². The Balaban J connectivity index is 1.05. The van der Waals surface area contributed by atoms with E-state index in [1.165, 1.54) is 54.9 Å². The first kappa shape index (κ1) is 32.8. The highest BCUT2D eigenvalue weighted by Crippen LogP contribution is 2.62. The quantitative estimate of drug-likeness (QED) is 0.179. The van der Waals surface area contributed by atoms with E-state index < -0.39 is 5.41 Å². The maximum absolute atomic E-state index is 7.18. The summed E-state index contributed by atoms with van der Waals surface area (Å²) < 4.78 is 9.61. The molecular weight excluding hydrogens is 745 g/mol. The van der Waals surface area contributed by atoms with Crippen molar-refractivity contribution in [3.63, 3.8) is 0 Å². The van der Waals surface area contributed by atoms with E-state index >= 15 is 0 Å². The van der Waals surface area contributed by atoms with E-state index in [9.17, 15) is 0 Å². The minimum absolute atomic E-state index is 0.471. The van der Waals surface area contributed by atoms with Gasteiger partial charge in [-0.3, -0.25) is 0 Å². The molecule has 0 N–H and O–H groups in total. The van der Waals surface area contributed by atoms with Gasteiger partial charge >= 0.3 is 0 Å². The van der Waals surface area contributed by atoms with Gasteiger partial charge in [0, 0.05) is 32.7 Å². The summed E-state index contributed by atoms with van der Waals surface area (Å²) in [7, 11) is 0. The molecule has 3 heterocycles. The highest BCUT2D eigenvalue weighted by atomic mass is 16.3. The third kappa shape index (κ3) is 4.21. The van der Waals surface area contributed by atoms with E-state index in [1.807, 2.05) is 60.7 Å². The summed E-state index contributed by atoms with van der Waals surface area (Å²) in [6.45, 7) is 0. The number of hydrogen-bond acceptors (Lipinski definition) is 4. The van der Waals surface area contributed by atoms with Crippen molar-refractivity contribution in [1.82, 2.24) is 19.5 Å². The second-order valence-electron chi connectivity index (χ2n) is 16.2. The Morgan fingerprint density at radius 1 is 0.361 bits per heavy atom. The third-order valence-corrected chi connectivity index (χ3v) is 13.2. The summed E-state index contributed by atoms with van der Waals surface area (Å²) in [5.41, 5.74) is 15.0. The van der Waals surface area contributed by atoms with Crippen molar-refractivity contribution in [2.45, 2.75) is 5.41 Å². The molecule has 14 rings (SSSR count). The van der Waals surface area contributed by atoms with Crippen LogP contribution in [0.1, 0.15) is 22.3 Å². The molecule has 5 heteroatoms. The van der Waals surface area contributed by atoms with Gasteiger partial charge in [0.05, 0.1) is 27.7 Å². The Hall–Kier alpha value is -8.15. The number of hydrogen-bond donors (Lipinski definition) is 0. The van der Waals surface area contributed by atoms with Crippen LogP contribution in [0.5, 0.6) is 0 Å². The van der Waals surface area contributed by atoms with Gasteiger partial charge in [-0.1, -0.05) is 170 Å². The lowest BCUT2D eigenvalue weighted by Crippen LogP contribution is -2.30. The zero-order chi connectivity index (χ0) is 39.8. The van der Waals surface area contributed by atoms with Gasteiger partial charge in [-0.2, -0.15) is 0 Å². The van der Waals surface area contributed by atoms with Crippen LogP contribution in [0.4, 0.5) is 0 Å². The Labute approximate surface area is 349 Å². The summed E-state index contributed by atoms with van der Waals surface area (Å²) in [6.07, 6.45) is 0. The zero-order valence-electron chi connectivity index (χ0n) is 32.7. The fraction of sp³-hybridized carbons (Fsp3) is 0.0179. The average molecular weight is 777 g/mol. The Bertz CT molecular complexity index is 3720. The molecule has 5 nitrogen and oxygen atoms in total. The Morgan fingerprint density at radius 2 is 0.885 bits per heavy atom. The van der Waals surface area contributed by atoms with Gasteiger partial charge in [-0.05, 0) is 68.4 Å². The van der Waals surface area contributed by atoms with Crippen LogP contribution in [0.2, 0.25) is 0 Å². The van der Waals surface area contributed by atoms with E-state index in [0.717, 1.165) is 55.3 Å². The van der Waals surface area contributed by atoms with Crippen LogP contribution in [-0.4, -0.2) is 19.5 Å². The first-order chi connectivity index (χ1) is 30.3. The molecule has 0 bridgehead atoms. The van der Waals surface area contributed by atoms with Crippen molar-refractivity contribution < 1.29 is 4.42 Å². The van der Waals surface area contributed by atoms with Crippen molar-refractivity contribution in [2.24, 2.45) is 0 Å². The van der Waals surface area contributed by atoms with Crippen LogP contribution < -0.4 is 0 Å². The van der Waals surface area contributed by atoms with Crippen LogP contribution >= 0.6 is 0 Å². The highest BCUT2D eigenvalue weighted by Gasteiger charge is 2.50. The number of fused-ring (bicyclic) bond motifs is 10. The number of nitrogens with zero attached hydrogens (tertiary/aromatic N) is 4. The molecule has 0 aliphatic heterocycles. The molecule has 9 aromatic carbocycles. The SMILES string of the molecule is c1ccc(-c2nc(-c3ccccc3)nc(-c3cccc4c3oc3c(-n5c6cccc7c6c6c8c(cccc8ccc65)C75c6ccccc6-c6ccccc65)cccc34)n2)cc1. The second kappa shape index (κ2) is 12.0. The van der Waals surface area contributed by atoms with Crippen LogP contribution in [0, 0.1) is 0 Å². The Kier molecular flexibility index (Phi) is 6.43. The monoisotopic (exact) mass is 776 g/mol. The number of rotatable bonds is 4. The van der Waals surface area contributed by atoms with Gasteiger partial charge in [-0.25, -0.2) is 15.0 Å². The molecule has 0 atom stereocenters. The average Bonchev–Trinajstić information content (AvgIpc) is 3.98. The van der Waals surface area contributed by atoms with Crippen molar-refractivity contribution in [1.29, 1.82) is 0 Å². The predicted molar refractivity (Wildman–Crippen MR) is 246 cm³/mol. The molecule has 12 aromatic rings. The van der Waals surface area contributed by atoms with Crippen LogP contribution in [-0.2, 0) is 5.41 Å². The maximum atomic E-state index is 7.18. The molecule has 0 radical (unpaired) electrons. The molecule has 0 fully saturated rings. The van der Waals surface area contributed by atoms with Crippen LogP contribution in [0.25, 0.3) is 105 Å². The van der Waals surface area contributed by atoms with Crippen molar-refractivity contribution in [3.05, 3.63) is 216 Å². The molecule has 2 aliphatic carbocycles. The number of aromatic nitrogens is 4. The number of para-hydroxylation sites is 2. The lowest BCUT2D eigenvalue weighted by Gasteiger charge is -2.37. The standard InChI is InChI=1S/C56H32N4O/c1-3-15-34(16-4-1)53-57-54(35-17-5-2-6-18-35)59-55(58-53)40-24-12-22-38-39-23-13-30-47(52(39)61-51(38)40)60-45-29-14-28-44-49(45)50-46(60)32-31-33-19-11-27-43(48(33)50)56(44)41-25-9-7-20-36(41)37-21-8-10-26-42(37)56/h1-32H. The normalized spacial score (nSPS) is 13.4. The van der Waals surface area contributed by atoms with E-state index in [0.29, 0.717) is 17.5 Å². The molecule has 3 aromatic heterocycles. The number of benzene rings is 9. The topological polar surface area (TPSA) is 56.7 Å². The molecule has 0 unspecified atom stereocenters. The summed E-state index contributed by atoms with van der Waals surface area (Å²) in [5.74, 6) is 1.79. The largest absolute Gasteiger partial charge is 0.453 e. The van der Waals surface area contributed by atoms with Gasteiger partial charge in [0.15, 0.2) is 23.1 Å². The minimum atomic E-state index is -0.471. The summed E-state index contributed by atoms with van der Waals surface area (Å²) in [5, 5.41) is 7.17. The third-order valence-electron chi connectivity index (χ3n) is 13.2. The molecule has 2 aliphatic rings. The van der Waals surface area contributed by atoms with E-state index in [4.69, 9.17) is 19.4 Å². The first-order valence-electron chi connectivity index (χ1n) is 20.8. The van der Waals surface area contributed by atoms with Gasteiger partial charge in [-0.15, -0.1) is 0 Å². The van der Waals surface area contributed by atoms with Gasteiger partial charge < -0.3 is 8.98 Å². The first-order valence-corrected chi connectivity index (χ1v) is 20.8. The summed E-state index contributed by atoms with van der Waals surface area (Å²) in [4.78, 5) is 15.2. The summed E-state index contributed by atoms with van der Waals surface area (Å²) >= 11 is 0. The summed E-state index contributed by atoms with van der Waals surface area (Å²) in [6, 6.07) is 69.4. The minimum Gasteiger partial charge on any atom is -0.453 e. The second-order valence-corrected chi connectivity index (χ2v) is 16.2. The van der Waals surface area contributed by atoms with Crippen LogP contribution in [0.15, 0.2) is 199 Å². The molecular formula is C56H32N4O. The van der Waals surface area contributed by atoms with Gasteiger partial charge in [0.1, 0.15) is 5.58 Å². The lowest BCUT2D eigenvalue weighted by molar-refractivity contribution is 0.667. The molecule has 1 spiro atoms. The molecule has 0 saturated carbocycles. The molecule has 0 amide bonds. The molecule has 0 saturated heterocycles. The zero-order valence-corrected chi connectivity index (χ0v) is 32.7. The highest BCUT2D eigenvalue weighted by molar-refractivity contribution is 6.27. The fourth-order valence-electron chi connectivity index (χ4n) is 10.9. The molecule has 61 heavy (non-hydrogen) atoms. The predicted octanol–water partition coefficient (Wildman–Crippen LogP) is 13.7. The van der Waals surface area contributed by atoms with E-state index in [-0.39, 0.29) is 0 Å². The van der Waals surface area contributed by atoms with Crippen molar-refractivity contribution in [3.8, 4) is 51.0 Å². The Morgan fingerprint density at radius 3 is 1.59 bits per heavy atom. The fourth-order valence-corrected chi connectivity index (χ4v) is 10.9. The number of furan rings is 1.